The largest absolute Gasteiger partial charge is 0.573 e. The molecule has 31 heavy (non-hydrogen) atoms. The molecule has 0 saturated carbocycles. The van der Waals surface area contributed by atoms with Crippen molar-refractivity contribution in [2.75, 3.05) is 6.54 Å². The van der Waals surface area contributed by atoms with Crippen molar-refractivity contribution in [3.63, 3.8) is 0 Å². The van der Waals surface area contributed by atoms with Gasteiger partial charge in [0.25, 0.3) is 5.91 Å². The van der Waals surface area contributed by atoms with E-state index in [4.69, 9.17) is 0 Å². The summed E-state index contributed by atoms with van der Waals surface area (Å²) in [5, 5.41) is 3.93. The molecular formula is C21H16BrF4N3O2. The minimum Gasteiger partial charge on any atom is -0.406 e. The number of aromatic amines is 2. The summed E-state index contributed by atoms with van der Waals surface area (Å²) >= 11 is 3.29. The van der Waals surface area contributed by atoms with E-state index >= 15 is 0 Å². The first-order chi connectivity index (χ1) is 14.6. The maximum Gasteiger partial charge on any atom is 0.573 e. The van der Waals surface area contributed by atoms with Gasteiger partial charge in [-0.3, -0.25) is 4.79 Å². The van der Waals surface area contributed by atoms with Gasteiger partial charge in [-0.25, -0.2) is 4.39 Å². The first-order valence-electron chi connectivity index (χ1n) is 9.23. The summed E-state index contributed by atoms with van der Waals surface area (Å²) in [5.74, 6) is -1.13. The predicted molar refractivity (Wildman–Crippen MR) is 112 cm³/mol. The number of carbonyl (C=O) groups excluding carboxylic acids is 1. The molecule has 0 atom stereocenters. The third-order valence-electron chi connectivity index (χ3n) is 4.88. The van der Waals surface area contributed by atoms with Crippen LogP contribution in [-0.4, -0.2) is 28.8 Å². The van der Waals surface area contributed by atoms with Gasteiger partial charge in [-0.1, -0.05) is 15.9 Å². The zero-order valence-corrected chi connectivity index (χ0v) is 17.7. The van der Waals surface area contributed by atoms with Crippen molar-refractivity contribution < 1.29 is 27.1 Å². The van der Waals surface area contributed by atoms with Crippen LogP contribution in [0.5, 0.6) is 5.75 Å². The Balaban J connectivity index is 1.46. The molecule has 5 nitrogen and oxygen atoms in total. The lowest BCUT2D eigenvalue weighted by atomic mass is 10.1. The average molecular weight is 498 g/mol. The van der Waals surface area contributed by atoms with Crippen LogP contribution in [0.15, 0.2) is 40.9 Å². The highest BCUT2D eigenvalue weighted by molar-refractivity contribution is 9.10. The SMILES string of the molecule is Cc1[nH]c2c(F)cc(Br)cc2c1CCNC(=O)c1cc2cc(OC(F)(F)F)ccc2[nH]1. The molecule has 10 heteroatoms. The third kappa shape index (κ3) is 4.53. The van der Waals surface area contributed by atoms with Crippen molar-refractivity contribution in [1.29, 1.82) is 0 Å². The summed E-state index contributed by atoms with van der Waals surface area (Å²) in [6.45, 7) is 2.13. The van der Waals surface area contributed by atoms with Crippen LogP contribution in [-0.2, 0) is 6.42 Å². The predicted octanol–water partition coefficient (Wildman–Crippen LogP) is 5.73. The summed E-state index contributed by atoms with van der Waals surface area (Å²) < 4.78 is 55.8. The third-order valence-corrected chi connectivity index (χ3v) is 5.33. The molecule has 0 fully saturated rings. The summed E-state index contributed by atoms with van der Waals surface area (Å²) in [6.07, 6.45) is -4.32. The average Bonchev–Trinajstić information content (AvgIpc) is 3.22. The van der Waals surface area contributed by atoms with E-state index < -0.39 is 12.3 Å². The molecule has 0 radical (unpaired) electrons. The minimum absolute atomic E-state index is 0.212. The highest BCUT2D eigenvalue weighted by Gasteiger charge is 2.31. The fourth-order valence-corrected chi connectivity index (χ4v) is 3.98. The number of fused-ring (bicyclic) bond motifs is 2. The Morgan fingerprint density at radius 1 is 1.16 bits per heavy atom. The Labute approximate surface area is 181 Å². The molecule has 2 aromatic heterocycles. The number of hydrogen-bond donors (Lipinski definition) is 3. The van der Waals surface area contributed by atoms with Crippen LogP contribution < -0.4 is 10.1 Å². The van der Waals surface area contributed by atoms with Crippen molar-refractivity contribution in [3.05, 3.63) is 63.6 Å². The zero-order valence-electron chi connectivity index (χ0n) is 16.1. The van der Waals surface area contributed by atoms with Gasteiger partial charge in [0.05, 0.1) is 5.52 Å². The number of aryl methyl sites for hydroxylation is 1. The van der Waals surface area contributed by atoms with E-state index in [9.17, 15) is 22.4 Å². The zero-order chi connectivity index (χ0) is 22.3. The highest BCUT2D eigenvalue weighted by atomic mass is 79.9. The van der Waals surface area contributed by atoms with Gasteiger partial charge in [-0.2, -0.15) is 0 Å². The topological polar surface area (TPSA) is 69.9 Å². The van der Waals surface area contributed by atoms with Crippen molar-refractivity contribution in [2.45, 2.75) is 19.7 Å². The number of nitrogens with one attached hydrogen (secondary N) is 3. The number of halogens is 5. The van der Waals surface area contributed by atoms with Gasteiger partial charge in [-0.05, 0) is 55.3 Å². The first kappa shape index (κ1) is 21.2. The van der Waals surface area contributed by atoms with Crippen LogP contribution in [0.2, 0.25) is 0 Å². The number of benzene rings is 2. The number of rotatable bonds is 5. The van der Waals surface area contributed by atoms with Crippen LogP contribution in [0, 0.1) is 12.7 Å². The molecule has 2 heterocycles. The summed E-state index contributed by atoms with van der Waals surface area (Å²) in [5.41, 5.74) is 2.83. The molecule has 0 aliphatic carbocycles. The second-order valence-corrected chi connectivity index (χ2v) is 7.94. The molecule has 0 bridgehead atoms. The Hall–Kier alpha value is -3.01. The lowest BCUT2D eigenvalue weighted by molar-refractivity contribution is -0.274. The Morgan fingerprint density at radius 3 is 2.68 bits per heavy atom. The van der Waals surface area contributed by atoms with E-state index in [1.54, 1.807) is 0 Å². The molecule has 4 aromatic rings. The lowest BCUT2D eigenvalue weighted by Crippen LogP contribution is -2.26. The fourth-order valence-electron chi connectivity index (χ4n) is 3.55. The molecule has 162 valence electrons. The number of hydrogen-bond acceptors (Lipinski definition) is 2. The van der Waals surface area contributed by atoms with E-state index in [-0.39, 0.29) is 17.3 Å². The van der Waals surface area contributed by atoms with Gasteiger partial charge in [0.2, 0.25) is 0 Å². The summed E-state index contributed by atoms with van der Waals surface area (Å²) in [6, 6.07) is 8.44. The number of carbonyl (C=O) groups is 1. The van der Waals surface area contributed by atoms with Gasteiger partial charge < -0.3 is 20.0 Å². The molecule has 0 spiro atoms. The van der Waals surface area contributed by atoms with Gasteiger partial charge in [-0.15, -0.1) is 13.2 Å². The smallest absolute Gasteiger partial charge is 0.406 e. The summed E-state index contributed by atoms with van der Waals surface area (Å²) in [7, 11) is 0. The van der Waals surface area contributed by atoms with Crippen LogP contribution in [0.4, 0.5) is 17.6 Å². The van der Waals surface area contributed by atoms with E-state index in [1.165, 1.54) is 30.3 Å². The second kappa shape index (κ2) is 7.92. The lowest BCUT2D eigenvalue weighted by Gasteiger charge is -2.08. The standard InChI is InChI=1S/C21H16BrF4N3O2/c1-10-14(15-8-12(22)9-16(23)19(15)28-10)4-5-27-20(30)18-7-11-6-13(31-21(24,25)26)2-3-17(11)29-18/h2-3,6-9,28-29H,4-5H2,1H3,(H,27,30). The summed E-state index contributed by atoms with van der Waals surface area (Å²) in [4.78, 5) is 18.4. The number of alkyl halides is 3. The number of ether oxygens (including phenoxy) is 1. The number of amides is 1. The highest BCUT2D eigenvalue weighted by Crippen LogP contribution is 2.29. The Bertz CT molecular complexity index is 1290. The van der Waals surface area contributed by atoms with Gasteiger partial charge in [0.15, 0.2) is 0 Å². The molecular weight excluding hydrogens is 482 g/mol. The Kier molecular flexibility index (Phi) is 5.42. The molecule has 3 N–H and O–H groups in total. The first-order valence-corrected chi connectivity index (χ1v) is 10.0. The fraction of sp³-hybridized carbons (Fsp3) is 0.190. The normalized spacial score (nSPS) is 11.9. The molecule has 1 amide bonds. The monoisotopic (exact) mass is 497 g/mol. The van der Waals surface area contributed by atoms with Crippen LogP contribution in [0.3, 0.4) is 0 Å². The minimum atomic E-state index is -4.79. The quantitative estimate of drug-likeness (QED) is 0.308. The molecule has 0 aliphatic heterocycles. The van der Waals surface area contributed by atoms with Crippen LogP contribution >= 0.6 is 15.9 Å². The van der Waals surface area contributed by atoms with Crippen molar-refractivity contribution in [2.24, 2.45) is 0 Å². The van der Waals surface area contributed by atoms with Crippen molar-refractivity contribution in [3.8, 4) is 5.75 Å². The van der Waals surface area contributed by atoms with E-state index in [0.717, 1.165) is 16.6 Å². The number of aromatic nitrogens is 2. The van der Waals surface area contributed by atoms with Crippen LogP contribution in [0.1, 0.15) is 21.7 Å². The molecule has 0 aliphatic rings. The maximum absolute atomic E-state index is 14.1. The van der Waals surface area contributed by atoms with Crippen LogP contribution in [0.25, 0.3) is 21.8 Å². The van der Waals surface area contributed by atoms with E-state index in [0.29, 0.717) is 33.9 Å². The Morgan fingerprint density at radius 2 is 1.94 bits per heavy atom. The number of H-pyrrole nitrogens is 2. The molecule has 2 aromatic carbocycles. The molecule has 4 rings (SSSR count). The van der Waals surface area contributed by atoms with Gasteiger partial charge in [0, 0.05) is 33.0 Å². The van der Waals surface area contributed by atoms with E-state index in [2.05, 4.69) is 36.0 Å². The van der Waals surface area contributed by atoms with Crippen molar-refractivity contribution >= 4 is 43.6 Å². The van der Waals surface area contributed by atoms with Gasteiger partial charge >= 0.3 is 6.36 Å². The second-order valence-electron chi connectivity index (χ2n) is 7.02. The molecule has 0 unspecified atom stereocenters. The van der Waals surface area contributed by atoms with Gasteiger partial charge in [0.1, 0.15) is 17.3 Å². The maximum atomic E-state index is 14.1. The molecule has 0 saturated heterocycles. The van der Waals surface area contributed by atoms with E-state index in [1.807, 2.05) is 13.0 Å². The van der Waals surface area contributed by atoms with Crippen molar-refractivity contribution in [1.82, 2.24) is 15.3 Å².